The van der Waals surface area contributed by atoms with Crippen LogP contribution < -0.4 is 0 Å². The highest BCUT2D eigenvalue weighted by atomic mass is 19.1. The number of ether oxygens (including phenoxy) is 1. The first-order chi connectivity index (χ1) is 8.39. The van der Waals surface area contributed by atoms with Gasteiger partial charge in [0.1, 0.15) is 12.4 Å². The molecule has 2 rings (SSSR count). The van der Waals surface area contributed by atoms with E-state index in [1.54, 1.807) is 6.07 Å². The van der Waals surface area contributed by atoms with Crippen LogP contribution in [0.25, 0.3) is 0 Å². The second-order valence-corrected chi connectivity index (χ2v) is 4.70. The molecular weight excluding hydrogens is 241 g/mol. The fraction of sp³-hybridized carbons (Fsp3) is 0.500. The molecule has 1 aliphatic rings. The van der Waals surface area contributed by atoms with Gasteiger partial charge in [-0.15, -0.1) is 0 Å². The lowest BCUT2D eigenvalue weighted by Crippen LogP contribution is -2.46. The van der Waals surface area contributed by atoms with Crippen LogP contribution in [0, 0.1) is 15.9 Å². The molecule has 0 amide bonds. The molecule has 3 atom stereocenters. The fourth-order valence-electron chi connectivity index (χ4n) is 2.27. The van der Waals surface area contributed by atoms with Crippen molar-refractivity contribution in [1.82, 2.24) is 0 Å². The topological polar surface area (TPSA) is 72.6 Å². The molecule has 1 aliphatic heterocycles. The zero-order valence-corrected chi connectivity index (χ0v) is 9.88. The van der Waals surface area contributed by atoms with E-state index in [2.05, 4.69) is 0 Å². The van der Waals surface area contributed by atoms with E-state index in [1.165, 1.54) is 25.1 Å². The minimum atomic E-state index is -1.41. The summed E-state index contributed by atoms with van der Waals surface area (Å²) < 4.78 is 18.2. The zero-order valence-electron chi connectivity index (χ0n) is 9.88. The lowest BCUT2D eigenvalue weighted by atomic mass is 9.84. The van der Waals surface area contributed by atoms with E-state index in [-0.39, 0.29) is 13.0 Å². The molecule has 0 spiro atoms. The van der Waals surface area contributed by atoms with Gasteiger partial charge in [-0.25, -0.2) is 4.39 Å². The van der Waals surface area contributed by atoms with Gasteiger partial charge in [-0.2, -0.15) is 0 Å². The Kier molecular flexibility index (Phi) is 3.32. The molecule has 1 N–H and O–H groups in total. The second kappa shape index (κ2) is 4.62. The Hall–Kier alpha value is -1.53. The molecule has 6 heteroatoms. The predicted octanol–water partition coefficient (Wildman–Crippen LogP) is 1.68. The number of nitro groups is 1. The molecule has 0 unspecified atom stereocenters. The Morgan fingerprint density at radius 3 is 2.94 bits per heavy atom. The minimum absolute atomic E-state index is 0.0715. The molecule has 18 heavy (non-hydrogen) atoms. The number of rotatable bonds is 2. The summed E-state index contributed by atoms with van der Waals surface area (Å²) in [4.78, 5) is 10.5. The SMILES string of the molecule is C[C@]1(O)C[C@H](c2cccc(F)c2)[C@@H]([N+](=O)[O-])CO1. The van der Waals surface area contributed by atoms with Crippen molar-refractivity contribution in [3.05, 3.63) is 45.8 Å². The molecule has 0 radical (unpaired) electrons. The number of halogens is 1. The first-order valence-corrected chi connectivity index (χ1v) is 5.64. The van der Waals surface area contributed by atoms with E-state index in [0.29, 0.717) is 5.56 Å². The van der Waals surface area contributed by atoms with Gasteiger partial charge in [0.15, 0.2) is 5.79 Å². The molecular formula is C12H14FNO4. The summed E-state index contributed by atoms with van der Waals surface area (Å²) in [5, 5.41) is 20.8. The van der Waals surface area contributed by atoms with E-state index in [0.717, 1.165) is 0 Å². The van der Waals surface area contributed by atoms with Gasteiger partial charge in [0.05, 0.1) is 5.92 Å². The lowest BCUT2D eigenvalue weighted by molar-refractivity contribution is -0.542. The summed E-state index contributed by atoms with van der Waals surface area (Å²) in [7, 11) is 0. The van der Waals surface area contributed by atoms with Gasteiger partial charge < -0.3 is 9.84 Å². The highest BCUT2D eigenvalue weighted by Gasteiger charge is 2.44. The maximum absolute atomic E-state index is 13.2. The molecule has 1 saturated heterocycles. The monoisotopic (exact) mass is 255 g/mol. The molecule has 0 aromatic heterocycles. The summed E-state index contributed by atoms with van der Waals surface area (Å²) in [6, 6.07) is 4.72. The van der Waals surface area contributed by atoms with Crippen LogP contribution in [0.15, 0.2) is 24.3 Å². The summed E-state index contributed by atoms with van der Waals surface area (Å²) in [6.45, 7) is 1.27. The molecule has 5 nitrogen and oxygen atoms in total. The van der Waals surface area contributed by atoms with Crippen LogP contribution in [0.4, 0.5) is 4.39 Å². The maximum Gasteiger partial charge on any atom is 0.243 e. The summed E-state index contributed by atoms with van der Waals surface area (Å²) in [5.41, 5.74) is 0.514. The third kappa shape index (κ3) is 2.65. The first kappa shape index (κ1) is 12.9. The average molecular weight is 255 g/mol. The van der Waals surface area contributed by atoms with Crippen molar-refractivity contribution in [3.8, 4) is 0 Å². The highest BCUT2D eigenvalue weighted by molar-refractivity contribution is 5.23. The van der Waals surface area contributed by atoms with Gasteiger partial charge in [0.25, 0.3) is 0 Å². The summed E-state index contributed by atoms with van der Waals surface area (Å²) in [5.74, 6) is -2.41. The smallest absolute Gasteiger partial charge is 0.243 e. The van der Waals surface area contributed by atoms with Crippen molar-refractivity contribution < 1.29 is 19.2 Å². The first-order valence-electron chi connectivity index (χ1n) is 5.64. The van der Waals surface area contributed by atoms with Gasteiger partial charge in [-0.3, -0.25) is 10.1 Å². The van der Waals surface area contributed by atoms with E-state index in [1.807, 2.05) is 0 Å². The number of hydrogen-bond acceptors (Lipinski definition) is 4. The molecule has 0 saturated carbocycles. The Morgan fingerprint density at radius 1 is 1.61 bits per heavy atom. The highest BCUT2D eigenvalue weighted by Crippen LogP contribution is 2.36. The van der Waals surface area contributed by atoms with Gasteiger partial charge in [0, 0.05) is 11.3 Å². The van der Waals surface area contributed by atoms with Crippen LogP contribution in [-0.4, -0.2) is 28.5 Å². The lowest BCUT2D eigenvalue weighted by Gasteiger charge is -2.35. The van der Waals surface area contributed by atoms with E-state index in [4.69, 9.17) is 4.74 Å². The Balaban J connectivity index is 2.33. The third-order valence-electron chi connectivity index (χ3n) is 3.18. The molecule has 0 aliphatic carbocycles. The quantitative estimate of drug-likeness (QED) is 0.644. The molecule has 1 aromatic carbocycles. The van der Waals surface area contributed by atoms with Crippen LogP contribution in [0.2, 0.25) is 0 Å². The molecule has 1 aromatic rings. The number of aliphatic hydroxyl groups is 1. The molecule has 98 valence electrons. The van der Waals surface area contributed by atoms with Crippen molar-refractivity contribution >= 4 is 0 Å². The third-order valence-corrected chi connectivity index (χ3v) is 3.18. The van der Waals surface area contributed by atoms with Crippen LogP contribution in [0.5, 0.6) is 0 Å². The van der Waals surface area contributed by atoms with Gasteiger partial charge in [0.2, 0.25) is 6.04 Å². The minimum Gasteiger partial charge on any atom is -0.366 e. The van der Waals surface area contributed by atoms with Crippen LogP contribution in [-0.2, 0) is 4.74 Å². The fourth-order valence-corrected chi connectivity index (χ4v) is 2.27. The molecule has 1 heterocycles. The summed E-state index contributed by atoms with van der Waals surface area (Å²) in [6.07, 6.45) is 0.0715. The maximum atomic E-state index is 13.2. The Labute approximate surface area is 103 Å². The number of hydrogen-bond donors (Lipinski definition) is 1. The van der Waals surface area contributed by atoms with Crippen LogP contribution >= 0.6 is 0 Å². The number of benzene rings is 1. The standard InChI is InChI=1S/C12H14FNO4/c1-12(15)6-10(11(7-18-12)14(16)17)8-3-2-4-9(13)5-8/h2-5,10-11,15H,6-7H2,1H3/t10-,11+,12-/m1/s1. The van der Waals surface area contributed by atoms with E-state index in [9.17, 15) is 19.6 Å². The van der Waals surface area contributed by atoms with E-state index < -0.39 is 28.5 Å². The summed E-state index contributed by atoms with van der Waals surface area (Å²) >= 11 is 0. The van der Waals surface area contributed by atoms with Crippen molar-refractivity contribution in [3.63, 3.8) is 0 Å². The average Bonchev–Trinajstić information content (AvgIpc) is 2.27. The normalized spacial score (nSPS) is 32.2. The largest absolute Gasteiger partial charge is 0.366 e. The zero-order chi connectivity index (χ0) is 13.3. The Morgan fingerprint density at radius 2 is 2.33 bits per heavy atom. The van der Waals surface area contributed by atoms with Gasteiger partial charge in [-0.05, 0) is 24.6 Å². The second-order valence-electron chi connectivity index (χ2n) is 4.70. The van der Waals surface area contributed by atoms with Gasteiger partial charge in [-0.1, -0.05) is 12.1 Å². The van der Waals surface area contributed by atoms with Crippen molar-refractivity contribution in [1.29, 1.82) is 0 Å². The number of nitrogens with zero attached hydrogens (tertiary/aromatic N) is 1. The molecule has 0 bridgehead atoms. The van der Waals surface area contributed by atoms with Gasteiger partial charge >= 0.3 is 0 Å². The predicted molar refractivity (Wildman–Crippen MR) is 61.1 cm³/mol. The van der Waals surface area contributed by atoms with Crippen LogP contribution in [0.3, 0.4) is 0 Å². The molecule has 1 fully saturated rings. The van der Waals surface area contributed by atoms with Crippen molar-refractivity contribution in [2.45, 2.75) is 31.1 Å². The van der Waals surface area contributed by atoms with Crippen molar-refractivity contribution in [2.24, 2.45) is 0 Å². The van der Waals surface area contributed by atoms with Crippen LogP contribution in [0.1, 0.15) is 24.8 Å². The Bertz CT molecular complexity index is 463. The van der Waals surface area contributed by atoms with E-state index >= 15 is 0 Å². The van der Waals surface area contributed by atoms with Crippen molar-refractivity contribution in [2.75, 3.05) is 6.61 Å².